The highest BCUT2D eigenvalue weighted by Gasteiger charge is 2.06. The summed E-state index contributed by atoms with van der Waals surface area (Å²) in [6.07, 6.45) is 8.14. The van der Waals surface area contributed by atoms with E-state index in [9.17, 15) is 0 Å². The molecule has 0 aliphatic heterocycles. The minimum Gasteiger partial charge on any atom is -0.394 e. The first-order chi connectivity index (χ1) is 4.84. The van der Waals surface area contributed by atoms with Gasteiger partial charge in [0.25, 0.3) is 0 Å². The molecule has 1 atom stereocenters. The summed E-state index contributed by atoms with van der Waals surface area (Å²) >= 11 is 0. The van der Waals surface area contributed by atoms with Gasteiger partial charge in [-0.05, 0) is 12.8 Å². The van der Waals surface area contributed by atoms with Crippen molar-refractivity contribution in [3.05, 3.63) is 23.8 Å². The Hall–Kier alpha value is -0.600. The molecule has 0 aromatic rings. The van der Waals surface area contributed by atoms with Crippen LogP contribution in [0.15, 0.2) is 23.8 Å². The average Bonchev–Trinajstić information content (AvgIpc) is 2.05. The molecule has 1 rings (SSSR count). The van der Waals surface area contributed by atoms with Crippen LogP contribution in [-0.4, -0.2) is 17.8 Å². The molecule has 0 spiro atoms. The van der Waals surface area contributed by atoms with Crippen LogP contribution in [0.25, 0.3) is 0 Å². The van der Waals surface area contributed by atoms with Crippen LogP contribution in [-0.2, 0) is 0 Å². The van der Waals surface area contributed by atoms with Gasteiger partial charge in [-0.15, -0.1) is 0 Å². The lowest BCUT2D eigenvalue weighted by atomic mass is 10.00. The van der Waals surface area contributed by atoms with Crippen molar-refractivity contribution in [1.29, 1.82) is 0 Å². The third kappa shape index (κ3) is 1.69. The second-order valence-electron chi connectivity index (χ2n) is 2.48. The Kier molecular flexibility index (Phi) is 2.66. The average molecular weight is 139 g/mol. The lowest BCUT2D eigenvalue weighted by Gasteiger charge is -2.13. The van der Waals surface area contributed by atoms with Crippen LogP contribution in [0.4, 0.5) is 0 Å². The van der Waals surface area contributed by atoms with Gasteiger partial charge in [-0.2, -0.15) is 0 Å². The predicted octanol–water partition coefficient (Wildman–Crippen LogP) is 0.582. The lowest BCUT2D eigenvalue weighted by molar-refractivity contribution is 0.278. The Bertz CT molecular complexity index is 161. The van der Waals surface area contributed by atoms with Gasteiger partial charge in [0.1, 0.15) is 0 Å². The molecule has 0 heterocycles. The molecule has 1 unspecified atom stereocenters. The molecule has 10 heavy (non-hydrogen) atoms. The van der Waals surface area contributed by atoms with Gasteiger partial charge in [-0.1, -0.05) is 23.8 Å². The van der Waals surface area contributed by atoms with Crippen molar-refractivity contribution in [2.45, 2.75) is 18.9 Å². The van der Waals surface area contributed by atoms with E-state index >= 15 is 0 Å². The fourth-order valence-corrected chi connectivity index (χ4v) is 1.04. The second kappa shape index (κ2) is 3.54. The quantitative estimate of drug-likeness (QED) is 0.550. The Morgan fingerprint density at radius 2 is 2.40 bits per heavy atom. The zero-order chi connectivity index (χ0) is 7.40. The maximum Gasteiger partial charge on any atom is 0.0621 e. The summed E-state index contributed by atoms with van der Waals surface area (Å²) in [5.74, 6) is 0. The summed E-state index contributed by atoms with van der Waals surface area (Å²) in [4.78, 5) is 0. The van der Waals surface area contributed by atoms with Crippen molar-refractivity contribution in [2.24, 2.45) is 5.73 Å². The van der Waals surface area contributed by atoms with Gasteiger partial charge in [0.15, 0.2) is 0 Å². The molecule has 56 valence electrons. The molecule has 2 nitrogen and oxygen atoms in total. The first-order valence-electron chi connectivity index (χ1n) is 3.55. The highest BCUT2D eigenvalue weighted by molar-refractivity contribution is 5.19. The molecule has 0 saturated heterocycles. The van der Waals surface area contributed by atoms with E-state index in [1.165, 1.54) is 0 Å². The van der Waals surface area contributed by atoms with Crippen LogP contribution in [0.3, 0.4) is 0 Å². The molecular formula is C8H13NO. The van der Waals surface area contributed by atoms with Crippen LogP contribution < -0.4 is 5.73 Å². The summed E-state index contributed by atoms with van der Waals surface area (Å²) in [5.41, 5.74) is 6.75. The number of aliphatic hydroxyl groups excluding tert-OH is 1. The summed E-state index contributed by atoms with van der Waals surface area (Å²) in [6, 6.07) is -0.148. The van der Waals surface area contributed by atoms with Crippen molar-refractivity contribution < 1.29 is 5.11 Å². The van der Waals surface area contributed by atoms with E-state index < -0.39 is 0 Å². The van der Waals surface area contributed by atoms with Crippen LogP contribution in [0, 0.1) is 0 Å². The molecule has 0 aromatic carbocycles. The number of nitrogens with two attached hydrogens (primary N) is 1. The van der Waals surface area contributed by atoms with Gasteiger partial charge in [-0.3, -0.25) is 0 Å². The standard InChI is InChI=1S/C8H13NO/c9-8(6-10)7-4-2-1-3-5-7/h1-2,5,8,10H,3-4,6,9H2. The van der Waals surface area contributed by atoms with Gasteiger partial charge in [-0.25, -0.2) is 0 Å². The normalized spacial score (nSPS) is 20.4. The Labute approximate surface area is 61.0 Å². The topological polar surface area (TPSA) is 46.2 Å². The second-order valence-corrected chi connectivity index (χ2v) is 2.48. The van der Waals surface area contributed by atoms with Crippen LogP contribution in [0.2, 0.25) is 0 Å². The van der Waals surface area contributed by atoms with Crippen molar-refractivity contribution in [2.75, 3.05) is 6.61 Å². The Morgan fingerprint density at radius 3 is 2.90 bits per heavy atom. The highest BCUT2D eigenvalue weighted by Crippen LogP contribution is 2.12. The minimum absolute atomic E-state index is 0.0552. The molecule has 0 bridgehead atoms. The zero-order valence-corrected chi connectivity index (χ0v) is 5.96. The Morgan fingerprint density at radius 1 is 1.60 bits per heavy atom. The van der Waals surface area contributed by atoms with E-state index in [4.69, 9.17) is 10.8 Å². The molecule has 0 fully saturated rings. The molecular weight excluding hydrogens is 126 g/mol. The summed E-state index contributed by atoms with van der Waals surface area (Å²) in [5, 5.41) is 8.70. The molecule has 0 aromatic heterocycles. The monoisotopic (exact) mass is 139 g/mol. The number of rotatable bonds is 2. The molecule has 3 N–H and O–H groups in total. The molecule has 0 radical (unpaired) electrons. The molecule has 1 aliphatic rings. The van der Waals surface area contributed by atoms with E-state index in [1.807, 2.05) is 0 Å². The van der Waals surface area contributed by atoms with E-state index in [0.29, 0.717) is 0 Å². The molecule has 1 aliphatic carbocycles. The number of hydrogen-bond donors (Lipinski definition) is 2. The fraction of sp³-hybridized carbons (Fsp3) is 0.500. The Balaban J connectivity index is 2.47. The van der Waals surface area contributed by atoms with Crippen LogP contribution >= 0.6 is 0 Å². The minimum atomic E-state index is -0.148. The maximum absolute atomic E-state index is 8.70. The lowest BCUT2D eigenvalue weighted by Crippen LogP contribution is -2.27. The van der Waals surface area contributed by atoms with E-state index in [1.54, 1.807) is 0 Å². The van der Waals surface area contributed by atoms with Crippen LogP contribution in [0.5, 0.6) is 0 Å². The zero-order valence-electron chi connectivity index (χ0n) is 5.96. The third-order valence-electron chi connectivity index (χ3n) is 1.71. The largest absolute Gasteiger partial charge is 0.394 e. The number of aliphatic hydroxyl groups is 1. The van der Waals surface area contributed by atoms with Gasteiger partial charge in [0.2, 0.25) is 0 Å². The number of allylic oxidation sites excluding steroid dienone is 3. The van der Waals surface area contributed by atoms with Gasteiger partial charge in [0.05, 0.1) is 6.61 Å². The van der Waals surface area contributed by atoms with Gasteiger partial charge < -0.3 is 10.8 Å². The summed E-state index contributed by atoms with van der Waals surface area (Å²) in [7, 11) is 0. The smallest absolute Gasteiger partial charge is 0.0621 e. The van der Waals surface area contributed by atoms with Gasteiger partial charge >= 0.3 is 0 Å². The molecule has 0 saturated carbocycles. The van der Waals surface area contributed by atoms with E-state index in [2.05, 4.69) is 18.2 Å². The maximum atomic E-state index is 8.70. The number of hydrogen-bond acceptors (Lipinski definition) is 2. The molecule has 0 amide bonds. The van der Waals surface area contributed by atoms with Crippen molar-refractivity contribution >= 4 is 0 Å². The highest BCUT2D eigenvalue weighted by atomic mass is 16.3. The van der Waals surface area contributed by atoms with Crippen molar-refractivity contribution in [1.82, 2.24) is 0 Å². The third-order valence-corrected chi connectivity index (χ3v) is 1.71. The molecule has 2 heteroatoms. The van der Waals surface area contributed by atoms with Crippen molar-refractivity contribution in [3.63, 3.8) is 0 Å². The van der Waals surface area contributed by atoms with E-state index in [-0.39, 0.29) is 12.6 Å². The summed E-state index contributed by atoms with van der Waals surface area (Å²) in [6.45, 7) is 0.0552. The SMILES string of the molecule is NC(CO)C1=CCC=CC1. The van der Waals surface area contributed by atoms with Crippen LogP contribution in [0.1, 0.15) is 12.8 Å². The van der Waals surface area contributed by atoms with Gasteiger partial charge in [0, 0.05) is 6.04 Å². The van der Waals surface area contributed by atoms with E-state index in [0.717, 1.165) is 18.4 Å². The first kappa shape index (κ1) is 7.51. The first-order valence-corrected chi connectivity index (χ1v) is 3.55. The summed E-state index contributed by atoms with van der Waals surface area (Å²) < 4.78 is 0. The van der Waals surface area contributed by atoms with Crippen molar-refractivity contribution in [3.8, 4) is 0 Å². The predicted molar refractivity (Wildman–Crippen MR) is 41.5 cm³/mol. The fourth-order valence-electron chi connectivity index (χ4n) is 1.04.